The minimum Gasteiger partial charge on any atom is -0.756 e. The fraction of sp³-hybridized carbons (Fsp3) is 0.911. The lowest BCUT2D eigenvalue weighted by atomic mass is 10.0. The number of aliphatic hydroxyl groups is 1. The number of phosphoric acid groups is 1. The number of phosphoric ester groups is 1. The first kappa shape index (κ1) is 64.0. The maximum atomic E-state index is 13.0. The normalized spacial score (nSPS) is 14.1. The van der Waals surface area contributed by atoms with Gasteiger partial charge in [0.1, 0.15) is 13.2 Å². The summed E-state index contributed by atoms with van der Waals surface area (Å²) in [6.07, 6.45) is 59.1. The number of allylic oxidation sites excluding steroid dienone is 4. The van der Waals surface area contributed by atoms with Crippen molar-refractivity contribution in [1.29, 1.82) is 0 Å². The standard InChI is InChI=1S/C56H111N2O6P/c1-6-8-10-12-14-16-18-20-22-24-26-28-29-30-32-34-36-38-40-42-44-46-48-50-56(60)57-54(53-64-65(61,62)63-52-51-58(3,4)5)55(59)49-47-45-43-41-39-37-35-33-31-27-25-23-21-19-17-15-13-11-9-7-2/h18,20,24,26,54-55,59H,6-17,19,21-23,25,27-53H2,1-5H3,(H-,57,60,61,62)/b20-18-,26-24-. The van der Waals surface area contributed by atoms with Crippen LogP contribution in [-0.4, -0.2) is 68.5 Å². The molecule has 1 amide bonds. The van der Waals surface area contributed by atoms with Crippen molar-refractivity contribution in [3.8, 4) is 0 Å². The van der Waals surface area contributed by atoms with E-state index in [0.717, 1.165) is 44.9 Å². The van der Waals surface area contributed by atoms with E-state index in [1.165, 1.54) is 205 Å². The number of carbonyl (C=O) groups is 1. The van der Waals surface area contributed by atoms with Crippen molar-refractivity contribution in [2.45, 2.75) is 289 Å². The molecule has 0 aromatic heterocycles. The summed E-state index contributed by atoms with van der Waals surface area (Å²) in [5.41, 5.74) is 0. The molecule has 386 valence electrons. The van der Waals surface area contributed by atoms with Crippen LogP contribution in [0.5, 0.6) is 0 Å². The lowest BCUT2D eigenvalue weighted by Gasteiger charge is -2.30. The summed E-state index contributed by atoms with van der Waals surface area (Å²) in [6.45, 7) is 4.75. The molecule has 0 bridgehead atoms. The molecule has 0 rings (SSSR count). The Balaban J connectivity index is 4.18. The number of likely N-dealkylation sites (N-methyl/N-ethyl adjacent to an activating group) is 1. The number of quaternary nitrogens is 1. The molecule has 0 aliphatic heterocycles. The van der Waals surface area contributed by atoms with Crippen LogP contribution in [0.25, 0.3) is 0 Å². The van der Waals surface area contributed by atoms with Gasteiger partial charge in [-0.1, -0.05) is 250 Å². The Labute approximate surface area is 404 Å². The Bertz CT molecular complexity index is 1110. The van der Waals surface area contributed by atoms with Gasteiger partial charge in [0.05, 0.1) is 39.9 Å². The van der Waals surface area contributed by atoms with Gasteiger partial charge in [0.25, 0.3) is 7.82 Å². The van der Waals surface area contributed by atoms with Gasteiger partial charge in [-0.05, 0) is 44.9 Å². The van der Waals surface area contributed by atoms with Gasteiger partial charge in [0.2, 0.25) is 5.91 Å². The van der Waals surface area contributed by atoms with Gasteiger partial charge < -0.3 is 28.8 Å². The lowest BCUT2D eigenvalue weighted by molar-refractivity contribution is -0.870. The number of rotatable bonds is 52. The Morgan fingerprint density at radius 2 is 0.892 bits per heavy atom. The Kier molecular flexibility index (Phi) is 47.3. The van der Waals surface area contributed by atoms with Crippen LogP contribution in [0, 0.1) is 0 Å². The summed E-state index contributed by atoms with van der Waals surface area (Å²) in [5, 5.41) is 14.0. The number of nitrogens with zero attached hydrogens (tertiary/aromatic N) is 1. The van der Waals surface area contributed by atoms with Gasteiger partial charge in [-0.2, -0.15) is 0 Å². The summed E-state index contributed by atoms with van der Waals surface area (Å²) in [4.78, 5) is 25.5. The zero-order valence-corrected chi connectivity index (χ0v) is 44.9. The number of carbonyl (C=O) groups excluding carboxylic acids is 1. The molecule has 0 aromatic carbocycles. The van der Waals surface area contributed by atoms with E-state index in [2.05, 4.69) is 43.5 Å². The second kappa shape index (κ2) is 48.0. The first-order valence-electron chi connectivity index (χ1n) is 28.2. The second-order valence-corrected chi connectivity index (χ2v) is 22.1. The minimum atomic E-state index is -4.57. The van der Waals surface area contributed by atoms with Crippen molar-refractivity contribution in [2.75, 3.05) is 40.9 Å². The smallest absolute Gasteiger partial charge is 0.268 e. The van der Waals surface area contributed by atoms with E-state index in [-0.39, 0.29) is 19.1 Å². The first-order valence-corrected chi connectivity index (χ1v) is 29.6. The monoisotopic (exact) mass is 939 g/mol. The highest BCUT2D eigenvalue weighted by molar-refractivity contribution is 7.45. The average molecular weight is 939 g/mol. The van der Waals surface area contributed by atoms with Crippen LogP contribution in [0.3, 0.4) is 0 Å². The lowest BCUT2D eigenvalue weighted by Crippen LogP contribution is -2.46. The highest BCUT2D eigenvalue weighted by Gasteiger charge is 2.24. The molecule has 0 saturated carbocycles. The zero-order chi connectivity index (χ0) is 47.8. The SMILES string of the molecule is CCCCCCC/C=C\C/C=C\CCCCCCCCCCCCCC(=O)NC(COP(=O)([O-])OCC[N+](C)(C)C)C(O)CCCCCCCCCCCCCCCCCCCCCC. The third-order valence-corrected chi connectivity index (χ3v) is 13.9. The van der Waals surface area contributed by atoms with Gasteiger partial charge in [-0.3, -0.25) is 9.36 Å². The topological polar surface area (TPSA) is 108 Å². The van der Waals surface area contributed by atoms with E-state index in [0.29, 0.717) is 23.9 Å². The summed E-state index contributed by atoms with van der Waals surface area (Å²) in [7, 11) is 1.31. The highest BCUT2D eigenvalue weighted by atomic mass is 31.2. The number of unbranched alkanes of at least 4 members (excludes halogenated alkanes) is 35. The van der Waals surface area contributed by atoms with Gasteiger partial charge >= 0.3 is 0 Å². The molecule has 9 heteroatoms. The molecule has 0 aromatic rings. The number of hydrogen-bond acceptors (Lipinski definition) is 6. The van der Waals surface area contributed by atoms with E-state index in [4.69, 9.17) is 9.05 Å². The largest absolute Gasteiger partial charge is 0.756 e. The Hall–Kier alpha value is -1.02. The molecule has 0 spiro atoms. The molecule has 3 unspecified atom stereocenters. The molecule has 65 heavy (non-hydrogen) atoms. The van der Waals surface area contributed by atoms with E-state index in [1.807, 2.05) is 21.1 Å². The molecule has 0 aliphatic rings. The highest BCUT2D eigenvalue weighted by Crippen LogP contribution is 2.38. The molecular formula is C56H111N2O6P. The Morgan fingerprint density at radius 1 is 0.538 bits per heavy atom. The maximum Gasteiger partial charge on any atom is 0.268 e. The molecule has 0 heterocycles. The van der Waals surface area contributed by atoms with E-state index < -0.39 is 20.0 Å². The summed E-state index contributed by atoms with van der Waals surface area (Å²) >= 11 is 0. The molecule has 8 nitrogen and oxygen atoms in total. The summed E-state index contributed by atoms with van der Waals surface area (Å²) in [5.74, 6) is -0.163. The fourth-order valence-corrected chi connectivity index (χ4v) is 9.21. The van der Waals surface area contributed by atoms with Crippen molar-refractivity contribution >= 4 is 13.7 Å². The van der Waals surface area contributed by atoms with Crippen LogP contribution < -0.4 is 10.2 Å². The fourth-order valence-electron chi connectivity index (χ4n) is 8.48. The molecule has 0 aliphatic carbocycles. The van der Waals surface area contributed by atoms with Crippen LogP contribution in [0.4, 0.5) is 0 Å². The number of aliphatic hydroxyl groups excluding tert-OH is 1. The number of amides is 1. The van der Waals surface area contributed by atoms with Crippen molar-refractivity contribution in [1.82, 2.24) is 5.32 Å². The van der Waals surface area contributed by atoms with Gasteiger partial charge in [0, 0.05) is 6.42 Å². The molecule has 3 atom stereocenters. The van der Waals surface area contributed by atoms with E-state index in [9.17, 15) is 19.4 Å². The number of nitrogens with one attached hydrogen (secondary N) is 1. The predicted octanol–water partition coefficient (Wildman–Crippen LogP) is 16.2. The molecule has 0 saturated heterocycles. The summed E-state index contributed by atoms with van der Waals surface area (Å²) < 4.78 is 23.4. The van der Waals surface area contributed by atoms with Crippen LogP contribution in [-0.2, 0) is 18.4 Å². The van der Waals surface area contributed by atoms with Crippen LogP contribution >= 0.6 is 7.82 Å². The minimum absolute atomic E-state index is 0.0131. The quantitative estimate of drug-likeness (QED) is 0.0272. The van der Waals surface area contributed by atoms with Crippen molar-refractivity contribution in [3.05, 3.63) is 24.3 Å². The maximum absolute atomic E-state index is 13.0. The van der Waals surface area contributed by atoms with Crippen molar-refractivity contribution in [3.63, 3.8) is 0 Å². The summed E-state index contributed by atoms with van der Waals surface area (Å²) in [6, 6.07) is -0.800. The van der Waals surface area contributed by atoms with Crippen molar-refractivity contribution < 1.29 is 32.9 Å². The zero-order valence-electron chi connectivity index (χ0n) is 44.0. The molecular weight excluding hydrogens is 828 g/mol. The Morgan fingerprint density at radius 3 is 1.28 bits per heavy atom. The third-order valence-electron chi connectivity index (χ3n) is 12.9. The predicted molar refractivity (Wildman–Crippen MR) is 279 cm³/mol. The van der Waals surface area contributed by atoms with Gasteiger partial charge in [-0.15, -0.1) is 0 Å². The molecule has 0 radical (unpaired) electrons. The van der Waals surface area contributed by atoms with Crippen LogP contribution in [0.15, 0.2) is 24.3 Å². The van der Waals surface area contributed by atoms with Crippen LogP contribution in [0.2, 0.25) is 0 Å². The van der Waals surface area contributed by atoms with Gasteiger partial charge in [-0.25, -0.2) is 0 Å². The van der Waals surface area contributed by atoms with Gasteiger partial charge in [0.15, 0.2) is 0 Å². The number of hydrogen-bond donors (Lipinski definition) is 2. The van der Waals surface area contributed by atoms with E-state index in [1.54, 1.807) is 0 Å². The third kappa shape index (κ3) is 50.7. The molecule has 2 N–H and O–H groups in total. The van der Waals surface area contributed by atoms with Crippen LogP contribution in [0.1, 0.15) is 277 Å². The first-order chi connectivity index (χ1) is 31.5. The average Bonchev–Trinajstić information content (AvgIpc) is 3.26. The van der Waals surface area contributed by atoms with E-state index >= 15 is 0 Å². The van der Waals surface area contributed by atoms with Crippen molar-refractivity contribution in [2.24, 2.45) is 0 Å². The second-order valence-electron chi connectivity index (χ2n) is 20.6. The molecule has 0 fully saturated rings.